The molecule has 1 aromatic rings. The molecule has 1 aliphatic heterocycles. The molecule has 0 aliphatic carbocycles. The van der Waals surface area contributed by atoms with E-state index < -0.39 is 0 Å². The SMILES string of the molecule is NCC(c1ccccc1Cl)N1CCCC1. The van der Waals surface area contributed by atoms with Crippen molar-refractivity contribution in [2.75, 3.05) is 19.6 Å². The van der Waals surface area contributed by atoms with Gasteiger partial charge < -0.3 is 5.73 Å². The molecule has 1 heterocycles. The van der Waals surface area contributed by atoms with Crippen LogP contribution in [0.2, 0.25) is 5.02 Å². The number of likely N-dealkylation sites (tertiary alicyclic amines) is 1. The Morgan fingerprint density at radius 1 is 1.27 bits per heavy atom. The number of halogens is 1. The molecule has 2 nitrogen and oxygen atoms in total. The van der Waals surface area contributed by atoms with Crippen molar-refractivity contribution in [1.29, 1.82) is 0 Å². The summed E-state index contributed by atoms with van der Waals surface area (Å²) in [5, 5.41) is 0.833. The maximum Gasteiger partial charge on any atom is 0.0485 e. The molecule has 0 radical (unpaired) electrons. The summed E-state index contributed by atoms with van der Waals surface area (Å²) in [5.74, 6) is 0. The molecule has 1 aromatic carbocycles. The molecule has 2 rings (SSSR count). The highest BCUT2D eigenvalue weighted by molar-refractivity contribution is 6.31. The van der Waals surface area contributed by atoms with Crippen molar-refractivity contribution in [3.8, 4) is 0 Å². The van der Waals surface area contributed by atoms with E-state index in [1.807, 2.05) is 18.2 Å². The third-order valence-electron chi connectivity index (χ3n) is 3.07. The average molecular weight is 225 g/mol. The van der Waals surface area contributed by atoms with Gasteiger partial charge in [0.15, 0.2) is 0 Å². The fourth-order valence-corrected chi connectivity index (χ4v) is 2.53. The lowest BCUT2D eigenvalue weighted by molar-refractivity contribution is 0.251. The van der Waals surface area contributed by atoms with E-state index in [2.05, 4.69) is 11.0 Å². The van der Waals surface area contributed by atoms with Crippen LogP contribution in [0.4, 0.5) is 0 Å². The Morgan fingerprint density at radius 2 is 1.93 bits per heavy atom. The topological polar surface area (TPSA) is 29.3 Å². The monoisotopic (exact) mass is 224 g/mol. The second kappa shape index (κ2) is 4.97. The molecule has 3 heteroatoms. The van der Waals surface area contributed by atoms with Gasteiger partial charge >= 0.3 is 0 Å². The quantitative estimate of drug-likeness (QED) is 0.855. The Labute approximate surface area is 96.0 Å². The van der Waals surface area contributed by atoms with Crippen molar-refractivity contribution < 1.29 is 0 Å². The highest BCUT2D eigenvalue weighted by Crippen LogP contribution is 2.29. The lowest BCUT2D eigenvalue weighted by Crippen LogP contribution is -2.31. The smallest absolute Gasteiger partial charge is 0.0485 e. The molecule has 0 spiro atoms. The normalized spacial score (nSPS) is 19.3. The molecule has 1 fully saturated rings. The zero-order valence-corrected chi connectivity index (χ0v) is 9.58. The van der Waals surface area contributed by atoms with Crippen molar-refractivity contribution in [2.24, 2.45) is 5.73 Å². The van der Waals surface area contributed by atoms with Crippen LogP contribution < -0.4 is 5.73 Å². The standard InChI is InChI=1S/C12H17ClN2/c13-11-6-2-1-5-10(11)12(9-14)15-7-3-4-8-15/h1-2,5-6,12H,3-4,7-9,14H2. The summed E-state index contributed by atoms with van der Waals surface area (Å²) < 4.78 is 0. The highest BCUT2D eigenvalue weighted by atomic mass is 35.5. The van der Waals surface area contributed by atoms with Gasteiger partial charge in [0.2, 0.25) is 0 Å². The van der Waals surface area contributed by atoms with Crippen LogP contribution in [0.1, 0.15) is 24.4 Å². The summed E-state index contributed by atoms with van der Waals surface area (Å²) in [5.41, 5.74) is 7.02. The van der Waals surface area contributed by atoms with Crippen LogP contribution in [-0.4, -0.2) is 24.5 Å². The van der Waals surface area contributed by atoms with Crippen LogP contribution >= 0.6 is 11.6 Å². The van der Waals surface area contributed by atoms with Crippen molar-refractivity contribution in [3.63, 3.8) is 0 Å². The molecule has 0 aromatic heterocycles. The second-order valence-corrected chi connectivity index (χ2v) is 4.42. The van der Waals surface area contributed by atoms with E-state index in [1.165, 1.54) is 18.4 Å². The van der Waals surface area contributed by atoms with E-state index >= 15 is 0 Å². The summed E-state index contributed by atoms with van der Waals surface area (Å²) in [6, 6.07) is 8.30. The minimum atomic E-state index is 0.293. The van der Waals surface area contributed by atoms with E-state index in [9.17, 15) is 0 Å². The van der Waals surface area contributed by atoms with E-state index in [4.69, 9.17) is 17.3 Å². The van der Waals surface area contributed by atoms with Crippen molar-refractivity contribution in [2.45, 2.75) is 18.9 Å². The molecule has 1 aliphatic rings. The maximum atomic E-state index is 6.19. The van der Waals surface area contributed by atoms with Gasteiger partial charge in [0.25, 0.3) is 0 Å². The van der Waals surface area contributed by atoms with Crippen LogP contribution in [0.5, 0.6) is 0 Å². The van der Waals surface area contributed by atoms with Gasteiger partial charge in [-0.3, -0.25) is 4.90 Å². The minimum absolute atomic E-state index is 0.293. The zero-order valence-electron chi connectivity index (χ0n) is 8.82. The first-order valence-electron chi connectivity index (χ1n) is 5.51. The predicted octanol–water partition coefficient (Wildman–Crippen LogP) is 2.44. The molecular weight excluding hydrogens is 208 g/mol. The number of nitrogens with two attached hydrogens (primary N) is 1. The summed E-state index contributed by atoms with van der Waals surface area (Å²) >= 11 is 6.19. The molecule has 0 saturated carbocycles. The van der Waals surface area contributed by atoms with E-state index in [1.54, 1.807) is 0 Å². The molecule has 0 bridgehead atoms. The van der Waals surface area contributed by atoms with E-state index in [0.29, 0.717) is 12.6 Å². The fraction of sp³-hybridized carbons (Fsp3) is 0.500. The van der Waals surface area contributed by atoms with Gasteiger partial charge in [0.1, 0.15) is 0 Å². The first-order chi connectivity index (χ1) is 7.33. The molecule has 15 heavy (non-hydrogen) atoms. The second-order valence-electron chi connectivity index (χ2n) is 4.02. The molecule has 1 unspecified atom stereocenters. The van der Waals surface area contributed by atoms with Crippen LogP contribution in [0.25, 0.3) is 0 Å². The van der Waals surface area contributed by atoms with Crippen LogP contribution in [0.15, 0.2) is 24.3 Å². The molecule has 2 N–H and O–H groups in total. The lowest BCUT2D eigenvalue weighted by Gasteiger charge is -2.27. The van der Waals surface area contributed by atoms with Gasteiger partial charge in [-0.15, -0.1) is 0 Å². The lowest BCUT2D eigenvalue weighted by atomic mass is 10.1. The summed E-state index contributed by atoms with van der Waals surface area (Å²) in [4.78, 5) is 2.43. The Hall–Kier alpha value is -0.570. The number of hydrogen-bond acceptors (Lipinski definition) is 2. The van der Waals surface area contributed by atoms with Crippen molar-refractivity contribution in [3.05, 3.63) is 34.9 Å². The van der Waals surface area contributed by atoms with Crippen LogP contribution in [-0.2, 0) is 0 Å². The Balaban J connectivity index is 2.22. The zero-order chi connectivity index (χ0) is 10.7. The van der Waals surface area contributed by atoms with Crippen molar-refractivity contribution in [1.82, 2.24) is 4.90 Å². The van der Waals surface area contributed by atoms with Gasteiger partial charge in [-0.05, 0) is 37.6 Å². The summed E-state index contributed by atoms with van der Waals surface area (Å²) in [7, 11) is 0. The third kappa shape index (κ3) is 2.33. The molecule has 1 atom stereocenters. The fourth-order valence-electron chi connectivity index (χ4n) is 2.27. The van der Waals surface area contributed by atoms with Gasteiger partial charge in [0.05, 0.1) is 0 Å². The van der Waals surface area contributed by atoms with E-state index in [-0.39, 0.29) is 0 Å². The van der Waals surface area contributed by atoms with Crippen molar-refractivity contribution >= 4 is 11.6 Å². The highest BCUT2D eigenvalue weighted by Gasteiger charge is 2.23. The first-order valence-corrected chi connectivity index (χ1v) is 5.89. The average Bonchev–Trinajstić information content (AvgIpc) is 2.75. The van der Waals surface area contributed by atoms with Crippen LogP contribution in [0, 0.1) is 0 Å². The minimum Gasteiger partial charge on any atom is -0.329 e. The number of hydrogen-bond donors (Lipinski definition) is 1. The van der Waals surface area contributed by atoms with Gasteiger partial charge in [-0.2, -0.15) is 0 Å². The maximum absolute atomic E-state index is 6.19. The van der Waals surface area contributed by atoms with Gasteiger partial charge in [-0.1, -0.05) is 29.8 Å². The summed E-state index contributed by atoms with van der Waals surface area (Å²) in [6.45, 7) is 2.93. The number of nitrogens with zero attached hydrogens (tertiary/aromatic N) is 1. The first kappa shape index (κ1) is 10.9. The molecular formula is C12H17ClN2. The number of benzene rings is 1. The Morgan fingerprint density at radius 3 is 2.53 bits per heavy atom. The van der Waals surface area contributed by atoms with Gasteiger partial charge in [0, 0.05) is 17.6 Å². The largest absolute Gasteiger partial charge is 0.329 e. The van der Waals surface area contributed by atoms with Crippen LogP contribution in [0.3, 0.4) is 0 Å². The molecule has 1 saturated heterocycles. The molecule has 82 valence electrons. The number of rotatable bonds is 3. The Kier molecular flexibility index (Phi) is 3.62. The van der Waals surface area contributed by atoms with E-state index in [0.717, 1.165) is 18.1 Å². The summed E-state index contributed by atoms with van der Waals surface area (Å²) in [6.07, 6.45) is 2.56. The third-order valence-corrected chi connectivity index (χ3v) is 3.41. The molecule has 0 amide bonds. The van der Waals surface area contributed by atoms with Gasteiger partial charge in [-0.25, -0.2) is 0 Å². The Bertz CT molecular complexity index is 321. The predicted molar refractivity (Wildman–Crippen MR) is 64.1 cm³/mol.